The van der Waals surface area contributed by atoms with Crippen LogP contribution in [-0.2, 0) is 6.54 Å². The van der Waals surface area contributed by atoms with Crippen LogP contribution in [0.25, 0.3) is 5.69 Å². The van der Waals surface area contributed by atoms with Crippen molar-refractivity contribution in [1.82, 2.24) is 34.9 Å². The largest absolute Gasteiger partial charge is 0.495 e. The third-order valence-corrected chi connectivity index (χ3v) is 7.61. The fourth-order valence-electron chi connectivity index (χ4n) is 5.40. The van der Waals surface area contributed by atoms with E-state index in [9.17, 15) is 4.79 Å². The maximum atomic E-state index is 12.9. The number of aromatic nitrogens is 5. The number of hydrogen-bond acceptors (Lipinski definition) is 10. The van der Waals surface area contributed by atoms with Crippen LogP contribution in [-0.4, -0.2) is 68.8 Å². The molecule has 0 aliphatic carbocycles. The highest BCUT2D eigenvalue weighted by atomic mass is 16.5. The minimum absolute atomic E-state index is 0.0236. The highest BCUT2D eigenvalue weighted by molar-refractivity contribution is 5.95. The Labute approximate surface area is 232 Å². The van der Waals surface area contributed by atoms with E-state index >= 15 is 0 Å². The number of nitrogens with zero attached hydrogens (tertiary/aromatic N) is 7. The lowest BCUT2D eigenvalue weighted by molar-refractivity contribution is 0.0916. The first-order valence-corrected chi connectivity index (χ1v) is 13.5. The lowest BCUT2D eigenvalue weighted by Crippen LogP contribution is -2.43. The van der Waals surface area contributed by atoms with Gasteiger partial charge in [0, 0.05) is 23.7 Å². The normalized spacial score (nSPS) is 17.3. The molecule has 40 heavy (non-hydrogen) atoms. The fraction of sp³-hybridized carbons (Fsp3) is 0.393. The highest BCUT2D eigenvalue weighted by Gasteiger charge is 2.34. The maximum Gasteiger partial charge on any atom is 0.251 e. The molecule has 1 saturated heterocycles. The molecule has 0 radical (unpaired) electrons. The summed E-state index contributed by atoms with van der Waals surface area (Å²) in [5, 5.41) is 15.0. The molecule has 12 heteroatoms. The summed E-state index contributed by atoms with van der Waals surface area (Å²) >= 11 is 0. The Kier molecular flexibility index (Phi) is 7.08. The van der Waals surface area contributed by atoms with Gasteiger partial charge in [0.25, 0.3) is 5.91 Å². The highest BCUT2D eigenvalue weighted by Crippen LogP contribution is 2.39. The van der Waals surface area contributed by atoms with Crippen molar-refractivity contribution < 1.29 is 13.9 Å². The zero-order valence-electron chi connectivity index (χ0n) is 22.9. The van der Waals surface area contributed by atoms with Crippen LogP contribution in [0.4, 0.5) is 17.5 Å². The van der Waals surface area contributed by atoms with E-state index in [0.29, 0.717) is 29.5 Å². The molecule has 0 bridgehead atoms. The van der Waals surface area contributed by atoms with Crippen LogP contribution < -0.4 is 20.3 Å². The maximum absolute atomic E-state index is 12.9. The average Bonchev–Trinajstić information content (AvgIpc) is 3.67. The molecule has 0 unspecified atom stereocenters. The van der Waals surface area contributed by atoms with Gasteiger partial charge in [-0.25, -0.2) is 4.98 Å². The van der Waals surface area contributed by atoms with Crippen molar-refractivity contribution in [1.29, 1.82) is 0 Å². The molecule has 1 fully saturated rings. The molecular formula is C28H33N9O3. The zero-order chi connectivity index (χ0) is 27.6. The van der Waals surface area contributed by atoms with Crippen LogP contribution in [0, 0.1) is 0 Å². The molecule has 0 saturated carbocycles. The summed E-state index contributed by atoms with van der Waals surface area (Å²) in [6.45, 7) is 4.67. The number of rotatable bonds is 8. The number of furan rings is 1. The van der Waals surface area contributed by atoms with E-state index in [0.717, 1.165) is 55.2 Å². The number of amides is 1. The van der Waals surface area contributed by atoms with Gasteiger partial charge >= 0.3 is 0 Å². The third kappa shape index (κ3) is 4.97. The first kappa shape index (κ1) is 25.8. The summed E-state index contributed by atoms with van der Waals surface area (Å²) < 4.78 is 12.9. The Hall–Kier alpha value is -4.45. The topological polar surface area (TPSA) is 126 Å². The van der Waals surface area contributed by atoms with Gasteiger partial charge in [-0.05, 0) is 63.7 Å². The first-order chi connectivity index (χ1) is 19.5. The summed E-state index contributed by atoms with van der Waals surface area (Å²) in [5.74, 6) is 2.43. The molecule has 1 amide bonds. The quantitative estimate of drug-likeness (QED) is 0.340. The van der Waals surface area contributed by atoms with Crippen LogP contribution in [0.5, 0.6) is 5.75 Å². The van der Waals surface area contributed by atoms with Gasteiger partial charge in [-0.2, -0.15) is 4.98 Å². The fourth-order valence-corrected chi connectivity index (χ4v) is 5.40. The van der Waals surface area contributed by atoms with E-state index in [2.05, 4.69) is 49.6 Å². The first-order valence-electron chi connectivity index (χ1n) is 13.5. The second kappa shape index (κ2) is 11.0. The Balaban J connectivity index is 1.26. The molecule has 12 nitrogen and oxygen atoms in total. The van der Waals surface area contributed by atoms with Gasteiger partial charge in [0.15, 0.2) is 11.6 Å². The number of hydrogen-bond donors (Lipinski definition) is 2. The number of nitrogens with one attached hydrogen (secondary N) is 2. The number of anilines is 3. The predicted octanol–water partition coefficient (Wildman–Crippen LogP) is 3.70. The summed E-state index contributed by atoms with van der Waals surface area (Å²) in [6.07, 6.45) is 9.58. The van der Waals surface area contributed by atoms with Crippen LogP contribution >= 0.6 is 0 Å². The number of benzene rings is 1. The number of piperidine rings is 1. The zero-order valence-corrected chi connectivity index (χ0v) is 22.9. The van der Waals surface area contributed by atoms with Gasteiger partial charge < -0.3 is 29.6 Å². The molecule has 3 aromatic heterocycles. The molecule has 5 heterocycles. The average molecular weight is 544 g/mol. The van der Waals surface area contributed by atoms with Crippen molar-refractivity contribution in [3.63, 3.8) is 0 Å². The minimum atomic E-state index is -0.102. The molecule has 0 spiro atoms. The van der Waals surface area contributed by atoms with Crippen molar-refractivity contribution in [3.8, 4) is 11.4 Å². The van der Waals surface area contributed by atoms with Crippen LogP contribution in [0.2, 0.25) is 0 Å². The van der Waals surface area contributed by atoms with Crippen molar-refractivity contribution in [3.05, 3.63) is 66.3 Å². The second-order valence-electron chi connectivity index (χ2n) is 10.2. The van der Waals surface area contributed by atoms with E-state index in [4.69, 9.17) is 14.1 Å². The van der Waals surface area contributed by atoms with Crippen LogP contribution in [0.15, 0.2) is 53.7 Å². The summed E-state index contributed by atoms with van der Waals surface area (Å²) in [7, 11) is 3.69. The molecule has 208 valence electrons. The Bertz CT molecular complexity index is 1480. The summed E-state index contributed by atoms with van der Waals surface area (Å²) in [6, 6.07) is 7.45. The minimum Gasteiger partial charge on any atom is -0.495 e. The third-order valence-electron chi connectivity index (χ3n) is 7.61. The lowest BCUT2D eigenvalue weighted by Gasteiger charge is -2.36. The predicted molar refractivity (Wildman–Crippen MR) is 149 cm³/mol. The molecule has 2 N–H and O–H groups in total. The van der Waals surface area contributed by atoms with E-state index in [-0.39, 0.29) is 18.0 Å². The standard InChI is InChI=1S/C28H33N9O3/c1-4-22-26-34-30-17-37(26)23-14-29-28(33-25(23)36(22)15-18-9-12-40-16-18)32-21-6-5-19(13-24(21)39-3)27(38)31-20-7-10-35(2)11-8-20/h5-6,9,12-14,16-17,20,22H,4,7-8,10-11,15H2,1-3H3,(H,31,38)(H,29,32,33)/t22-/m1/s1. The monoisotopic (exact) mass is 543 g/mol. The smallest absolute Gasteiger partial charge is 0.251 e. The summed E-state index contributed by atoms with van der Waals surface area (Å²) in [4.78, 5) is 26.9. The number of likely N-dealkylation sites (tertiary alicyclic amines) is 1. The van der Waals surface area contributed by atoms with Crippen LogP contribution in [0.1, 0.15) is 54.0 Å². The number of carbonyl (C=O) groups excluding carboxylic acids is 1. The molecule has 6 rings (SSSR count). The van der Waals surface area contributed by atoms with Gasteiger partial charge in [-0.1, -0.05) is 6.92 Å². The van der Waals surface area contributed by atoms with Gasteiger partial charge in [0.1, 0.15) is 17.8 Å². The van der Waals surface area contributed by atoms with Crippen molar-refractivity contribution in [2.24, 2.45) is 0 Å². The lowest BCUT2D eigenvalue weighted by atomic mass is 10.0. The Morgan fingerprint density at radius 2 is 2.08 bits per heavy atom. The molecular weight excluding hydrogens is 510 g/mol. The van der Waals surface area contributed by atoms with E-state index in [1.54, 1.807) is 44.3 Å². The number of fused-ring (bicyclic) bond motifs is 3. The number of carbonyl (C=O) groups is 1. The van der Waals surface area contributed by atoms with Gasteiger partial charge in [0.2, 0.25) is 5.95 Å². The van der Waals surface area contributed by atoms with Crippen molar-refractivity contribution in [2.75, 3.05) is 37.5 Å². The van der Waals surface area contributed by atoms with E-state index in [1.165, 1.54) is 0 Å². The molecule has 4 aromatic rings. The van der Waals surface area contributed by atoms with Gasteiger partial charge in [-0.3, -0.25) is 9.36 Å². The second-order valence-corrected chi connectivity index (χ2v) is 10.2. The van der Waals surface area contributed by atoms with Gasteiger partial charge in [-0.15, -0.1) is 10.2 Å². The number of ether oxygens (including phenoxy) is 1. The molecule has 1 atom stereocenters. The number of methoxy groups -OCH3 is 1. The molecule has 2 aliphatic heterocycles. The molecule has 2 aliphatic rings. The summed E-state index contributed by atoms with van der Waals surface area (Å²) in [5.41, 5.74) is 3.03. The molecule has 1 aromatic carbocycles. The SMILES string of the molecule is CC[C@@H]1c2nncn2-c2cnc(Nc3ccc(C(=O)NC4CCN(C)CC4)cc3OC)nc2N1Cc1ccoc1. The van der Waals surface area contributed by atoms with Crippen LogP contribution in [0.3, 0.4) is 0 Å². The van der Waals surface area contributed by atoms with E-state index in [1.807, 2.05) is 16.7 Å². The Morgan fingerprint density at radius 1 is 1.23 bits per heavy atom. The van der Waals surface area contributed by atoms with E-state index < -0.39 is 0 Å². The van der Waals surface area contributed by atoms with Crippen molar-refractivity contribution in [2.45, 2.75) is 44.8 Å². The Morgan fingerprint density at radius 3 is 2.83 bits per heavy atom. The van der Waals surface area contributed by atoms with Crippen molar-refractivity contribution >= 4 is 23.4 Å². The van der Waals surface area contributed by atoms with Gasteiger partial charge in [0.05, 0.1) is 37.6 Å².